The zero-order chi connectivity index (χ0) is 15.2. The van der Waals surface area contributed by atoms with Gasteiger partial charge in [-0.25, -0.2) is 4.98 Å². The lowest BCUT2D eigenvalue weighted by Crippen LogP contribution is -2.19. The van der Waals surface area contributed by atoms with E-state index in [0.717, 1.165) is 43.0 Å². The van der Waals surface area contributed by atoms with Gasteiger partial charge in [0.1, 0.15) is 5.82 Å². The Hall–Kier alpha value is -0.810. The topological polar surface area (TPSA) is 30.3 Å². The van der Waals surface area contributed by atoms with Crippen molar-refractivity contribution in [3.63, 3.8) is 0 Å². The molecule has 0 saturated heterocycles. The highest BCUT2D eigenvalue weighted by molar-refractivity contribution is 6.31. The molecule has 0 fully saturated rings. The summed E-state index contributed by atoms with van der Waals surface area (Å²) in [7, 11) is 4.07. The minimum absolute atomic E-state index is 0.554. The standard InChI is InChI=1S/C15H21Cl2N3O/c1-19(2)7-9-21-10-8-20-14-4-3-12(17)11-13(14)18-15(20)5-6-16/h3-4,11H,5-10H2,1-2H3. The van der Waals surface area contributed by atoms with E-state index in [1.807, 2.05) is 32.3 Å². The monoisotopic (exact) mass is 329 g/mol. The van der Waals surface area contributed by atoms with Crippen molar-refractivity contribution in [2.45, 2.75) is 13.0 Å². The maximum absolute atomic E-state index is 6.03. The number of likely N-dealkylation sites (N-methyl/N-ethyl adjacent to an activating group) is 1. The van der Waals surface area contributed by atoms with Gasteiger partial charge in [0.25, 0.3) is 0 Å². The first-order valence-corrected chi connectivity index (χ1v) is 7.96. The molecule has 2 rings (SSSR count). The molecule has 0 aliphatic heterocycles. The molecule has 21 heavy (non-hydrogen) atoms. The number of ether oxygens (including phenoxy) is 1. The molecule has 0 atom stereocenters. The fourth-order valence-electron chi connectivity index (χ4n) is 2.18. The molecule has 0 radical (unpaired) electrons. The molecule has 1 aromatic carbocycles. The molecule has 116 valence electrons. The normalized spacial score (nSPS) is 11.7. The smallest absolute Gasteiger partial charge is 0.111 e. The second-order valence-electron chi connectivity index (χ2n) is 5.17. The van der Waals surface area contributed by atoms with Crippen LogP contribution in [0.2, 0.25) is 5.02 Å². The maximum atomic E-state index is 6.03. The van der Waals surface area contributed by atoms with Crippen LogP contribution in [0.25, 0.3) is 11.0 Å². The number of benzene rings is 1. The first-order valence-electron chi connectivity index (χ1n) is 7.05. The summed E-state index contributed by atoms with van der Waals surface area (Å²) in [6.07, 6.45) is 0.742. The third-order valence-electron chi connectivity index (χ3n) is 3.25. The molecular weight excluding hydrogens is 309 g/mol. The molecule has 0 amide bonds. The molecule has 1 heterocycles. The number of halogens is 2. The molecule has 6 heteroatoms. The average Bonchev–Trinajstić information content (AvgIpc) is 2.75. The van der Waals surface area contributed by atoms with Crippen molar-refractivity contribution < 1.29 is 4.74 Å². The first-order chi connectivity index (χ1) is 10.1. The van der Waals surface area contributed by atoms with E-state index in [0.29, 0.717) is 17.5 Å². The van der Waals surface area contributed by atoms with Gasteiger partial charge in [0.05, 0.1) is 24.2 Å². The van der Waals surface area contributed by atoms with Crippen LogP contribution in [0.3, 0.4) is 0 Å². The molecule has 0 aliphatic carbocycles. The van der Waals surface area contributed by atoms with Gasteiger partial charge < -0.3 is 14.2 Å². The third kappa shape index (κ3) is 4.58. The fourth-order valence-corrected chi connectivity index (χ4v) is 2.52. The zero-order valence-electron chi connectivity index (χ0n) is 12.5. The average molecular weight is 330 g/mol. The predicted octanol–water partition coefficient (Wildman–Crippen LogP) is 3.05. The van der Waals surface area contributed by atoms with Gasteiger partial charge in [-0.1, -0.05) is 11.6 Å². The van der Waals surface area contributed by atoms with Crippen molar-refractivity contribution in [2.24, 2.45) is 0 Å². The predicted molar refractivity (Wildman–Crippen MR) is 88.5 cm³/mol. The van der Waals surface area contributed by atoms with E-state index in [-0.39, 0.29) is 0 Å². The summed E-state index contributed by atoms with van der Waals surface area (Å²) in [6.45, 7) is 3.10. The number of aromatic nitrogens is 2. The van der Waals surface area contributed by atoms with Gasteiger partial charge in [0, 0.05) is 30.4 Å². The summed E-state index contributed by atoms with van der Waals surface area (Å²) in [4.78, 5) is 6.73. The Morgan fingerprint density at radius 2 is 2.10 bits per heavy atom. The van der Waals surface area contributed by atoms with Crippen molar-refractivity contribution in [2.75, 3.05) is 39.7 Å². The van der Waals surface area contributed by atoms with Gasteiger partial charge in [-0.3, -0.25) is 0 Å². The molecule has 0 N–H and O–H groups in total. The van der Waals surface area contributed by atoms with Crippen molar-refractivity contribution in [1.82, 2.24) is 14.5 Å². The summed E-state index contributed by atoms with van der Waals surface area (Å²) in [6, 6.07) is 5.78. The van der Waals surface area contributed by atoms with Crippen LogP contribution < -0.4 is 0 Å². The number of alkyl halides is 1. The Bertz CT molecular complexity index is 584. The fraction of sp³-hybridized carbons (Fsp3) is 0.533. The molecule has 0 bridgehead atoms. The molecule has 0 saturated carbocycles. The van der Waals surface area contributed by atoms with E-state index in [2.05, 4.69) is 14.5 Å². The van der Waals surface area contributed by atoms with E-state index in [4.69, 9.17) is 27.9 Å². The number of fused-ring (bicyclic) bond motifs is 1. The number of nitrogens with zero attached hydrogens (tertiary/aromatic N) is 3. The number of hydrogen-bond acceptors (Lipinski definition) is 3. The van der Waals surface area contributed by atoms with Crippen molar-refractivity contribution in [3.8, 4) is 0 Å². The lowest BCUT2D eigenvalue weighted by molar-refractivity contribution is 0.111. The second kappa shape index (κ2) is 7.99. The van der Waals surface area contributed by atoms with E-state index in [9.17, 15) is 0 Å². The van der Waals surface area contributed by atoms with Crippen molar-refractivity contribution in [1.29, 1.82) is 0 Å². The van der Waals surface area contributed by atoms with Gasteiger partial charge in [-0.05, 0) is 32.3 Å². The van der Waals surface area contributed by atoms with E-state index in [1.54, 1.807) is 0 Å². The maximum Gasteiger partial charge on any atom is 0.111 e. The zero-order valence-corrected chi connectivity index (χ0v) is 14.0. The van der Waals surface area contributed by atoms with E-state index in [1.165, 1.54) is 0 Å². The van der Waals surface area contributed by atoms with Crippen molar-refractivity contribution >= 4 is 34.2 Å². The molecular formula is C15H21Cl2N3O. The molecule has 0 unspecified atom stereocenters. The van der Waals surface area contributed by atoms with Gasteiger partial charge in [-0.2, -0.15) is 0 Å². The lowest BCUT2D eigenvalue weighted by atomic mass is 10.3. The Balaban J connectivity index is 2.07. The molecule has 4 nitrogen and oxygen atoms in total. The largest absolute Gasteiger partial charge is 0.378 e. The van der Waals surface area contributed by atoms with Crippen LogP contribution in [-0.4, -0.2) is 54.2 Å². The second-order valence-corrected chi connectivity index (χ2v) is 5.98. The highest BCUT2D eigenvalue weighted by Gasteiger charge is 2.10. The van der Waals surface area contributed by atoms with Gasteiger partial charge >= 0.3 is 0 Å². The summed E-state index contributed by atoms with van der Waals surface area (Å²) >= 11 is 11.9. The highest BCUT2D eigenvalue weighted by Crippen LogP contribution is 2.21. The molecule has 2 aromatic rings. The van der Waals surface area contributed by atoms with Crippen molar-refractivity contribution in [3.05, 3.63) is 29.0 Å². The van der Waals surface area contributed by atoms with E-state index < -0.39 is 0 Å². The van der Waals surface area contributed by atoms with Crippen LogP contribution in [0.1, 0.15) is 5.82 Å². The number of rotatable bonds is 8. The van der Waals surface area contributed by atoms with Crippen LogP contribution in [0, 0.1) is 0 Å². The minimum Gasteiger partial charge on any atom is -0.378 e. The minimum atomic E-state index is 0.554. The quantitative estimate of drug-likeness (QED) is 0.550. The molecule has 0 aliphatic rings. The van der Waals surface area contributed by atoms with Gasteiger partial charge in [0.2, 0.25) is 0 Å². The number of hydrogen-bond donors (Lipinski definition) is 0. The number of imidazole rings is 1. The van der Waals surface area contributed by atoms with Gasteiger partial charge in [0.15, 0.2) is 0 Å². The Morgan fingerprint density at radius 1 is 1.29 bits per heavy atom. The Kier molecular flexibility index (Phi) is 6.30. The first kappa shape index (κ1) is 16.6. The summed E-state index contributed by atoms with van der Waals surface area (Å²) in [5.41, 5.74) is 1.99. The Morgan fingerprint density at radius 3 is 2.81 bits per heavy atom. The van der Waals surface area contributed by atoms with Crippen LogP contribution in [0.15, 0.2) is 18.2 Å². The van der Waals surface area contributed by atoms with Crippen LogP contribution in [0.5, 0.6) is 0 Å². The summed E-state index contributed by atoms with van der Waals surface area (Å²) in [5, 5.41) is 0.701. The summed E-state index contributed by atoms with van der Waals surface area (Å²) < 4.78 is 7.84. The highest BCUT2D eigenvalue weighted by atomic mass is 35.5. The third-order valence-corrected chi connectivity index (χ3v) is 3.67. The Labute approximate surface area is 135 Å². The number of aryl methyl sites for hydroxylation is 1. The lowest BCUT2D eigenvalue weighted by Gasteiger charge is -2.12. The molecule has 1 aromatic heterocycles. The van der Waals surface area contributed by atoms with E-state index >= 15 is 0 Å². The SMILES string of the molecule is CN(C)CCOCCn1c(CCCl)nc2cc(Cl)ccc21. The van der Waals surface area contributed by atoms with Gasteiger partial charge in [-0.15, -0.1) is 11.6 Å². The van der Waals surface area contributed by atoms with Crippen LogP contribution in [-0.2, 0) is 17.7 Å². The summed E-state index contributed by atoms with van der Waals surface area (Å²) in [5.74, 6) is 1.54. The molecule has 0 spiro atoms. The van der Waals surface area contributed by atoms with Crippen LogP contribution >= 0.6 is 23.2 Å². The van der Waals surface area contributed by atoms with Crippen LogP contribution in [0.4, 0.5) is 0 Å².